The van der Waals surface area contributed by atoms with Gasteiger partial charge < -0.3 is 10.2 Å². The molecule has 13 heavy (non-hydrogen) atoms. The van der Waals surface area contributed by atoms with E-state index in [1.165, 1.54) is 0 Å². The summed E-state index contributed by atoms with van der Waals surface area (Å²) in [4.78, 5) is 16.3. The van der Waals surface area contributed by atoms with Crippen LogP contribution in [0.15, 0.2) is 0 Å². The van der Waals surface area contributed by atoms with Crippen molar-refractivity contribution in [3.63, 3.8) is 0 Å². The van der Waals surface area contributed by atoms with Crippen LogP contribution in [0.2, 0.25) is 0 Å². The molecule has 0 aliphatic heterocycles. The molecule has 0 heterocycles. The summed E-state index contributed by atoms with van der Waals surface area (Å²) in [5, 5.41) is 2.70. The van der Waals surface area contributed by atoms with E-state index in [1.54, 1.807) is 6.92 Å². The Morgan fingerprint density at radius 1 is 1.38 bits per heavy atom. The Kier molecular flexibility index (Phi) is 6.54. The normalized spacial score (nSPS) is 13.0. The smallest absolute Gasteiger partial charge is 0.239 e. The maximum atomic E-state index is 11.2. The Morgan fingerprint density at radius 2 is 2.00 bits per heavy atom. The molecule has 4 heteroatoms. The van der Waals surface area contributed by atoms with E-state index in [1.807, 2.05) is 6.92 Å². The van der Waals surface area contributed by atoms with Crippen molar-refractivity contribution < 1.29 is 9.63 Å². The highest BCUT2D eigenvalue weighted by atomic mass is 16.6. The van der Waals surface area contributed by atoms with Gasteiger partial charge in [0.2, 0.25) is 5.91 Å². The van der Waals surface area contributed by atoms with Gasteiger partial charge in [-0.15, -0.1) is 0 Å². The van der Waals surface area contributed by atoms with E-state index in [4.69, 9.17) is 4.84 Å². The van der Waals surface area contributed by atoms with Gasteiger partial charge in [-0.2, -0.15) is 5.48 Å². The molecular weight excluding hydrogens is 168 g/mol. The molecule has 0 bridgehead atoms. The van der Waals surface area contributed by atoms with Crippen LogP contribution in [0.3, 0.4) is 0 Å². The molecule has 0 spiro atoms. The molecule has 0 radical (unpaired) electrons. The Hall–Kier alpha value is -0.610. The highest BCUT2D eigenvalue weighted by molar-refractivity contribution is 5.80. The van der Waals surface area contributed by atoms with Crippen LogP contribution in [0.5, 0.6) is 0 Å². The SMILES string of the molecule is CCNC(=O)C(C)NOCC(C)C. The van der Waals surface area contributed by atoms with Crippen molar-refractivity contribution in [1.82, 2.24) is 10.8 Å². The molecule has 1 unspecified atom stereocenters. The molecule has 78 valence electrons. The predicted octanol–water partition coefficient (Wildman–Crippen LogP) is 0.688. The molecule has 0 saturated heterocycles. The second kappa shape index (κ2) is 6.86. The lowest BCUT2D eigenvalue weighted by molar-refractivity contribution is -0.127. The van der Waals surface area contributed by atoms with Crippen LogP contribution in [0.1, 0.15) is 27.7 Å². The molecule has 1 atom stereocenters. The van der Waals surface area contributed by atoms with Crippen LogP contribution in [0.4, 0.5) is 0 Å². The minimum Gasteiger partial charge on any atom is -0.355 e. The van der Waals surface area contributed by atoms with Crippen LogP contribution in [-0.2, 0) is 9.63 Å². The van der Waals surface area contributed by atoms with Crippen LogP contribution in [0.25, 0.3) is 0 Å². The van der Waals surface area contributed by atoms with E-state index < -0.39 is 0 Å². The summed E-state index contributed by atoms with van der Waals surface area (Å²) >= 11 is 0. The third-order valence-corrected chi connectivity index (χ3v) is 1.42. The molecule has 0 fully saturated rings. The molecule has 0 aliphatic rings. The summed E-state index contributed by atoms with van der Waals surface area (Å²) in [7, 11) is 0. The first-order valence-electron chi connectivity index (χ1n) is 4.73. The van der Waals surface area contributed by atoms with Crippen LogP contribution >= 0.6 is 0 Å². The summed E-state index contributed by atoms with van der Waals surface area (Å²) in [6.45, 7) is 9.03. The monoisotopic (exact) mass is 188 g/mol. The summed E-state index contributed by atoms with van der Waals surface area (Å²) in [6, 6.07) is -0.293. The number of rotatable bonds is 6. The van der Waals surface area contributed by atoms with Gasteiger partial charge in [-0.25, -0.2) is 0 Å². The molecule has 2 N–H and O–H groups in total. The number of likely N-dealkylation sites (N-methyl/N-ethyl adjacent to an activating group) is 1. The van der Waals surface area contributed by atoms with Gasteiger partial charge in [-0.05, 0) is 19.8 Å². The van der Waals surface area contributed by atoms with Gasteiger partial charge in [-0.1, -0.05) is 13.8 Å². The van der Waals surface area contributed by atoms with Crippen molar-refractivity contribution >= 4 is 5.91 Å². The summed E-state index contributed by atoms with van der Waals surface area (Å²) in [5.74, 6) is 0.431. The standard InChI is InChI=1S/C9H20N2O2/c1-5-10-9(12)8(4)11-13-6-7(2)3/h7-8,11H,5-6H2,1-4H3,(H,10,12). The van der Waals surface area contributed by atoms with Gasteiger partial charge in [0.25, 0.3) is 0 Å². The summed E-state index contributed by atoms with van der Waals surface area (Å²) in [6.07, 6.45) is 0. The molecule has 4 nitrogen and oxygen atoms in total. The molecular formula is C9H20N2O2. The predicted molar refractivity (Wildman–Crippen MR) is 52.1 cm³/mol. The van der Waals surface area contributed by atoms with Crippen molar-refractivity contribution in [1.29, 1.82) is 0 Å². The van der Waals surface area contributed by atoms with E-state index >= 15 is 0 Å². The Balaban J connectivity index is 3.49. The van der Waals surface area contributed by atoms with Crippen molar-refractivity contribution in [2.24, 2.45) is 5.92 Å². The molecule has 0 aliphatic carbocycles. The summed E-state index contributed by atoms with van der Waals surface area (Å²) < 4.78 is 0. The van der Waals surface area contributed by atoms with E-state index in [0.29, 0.717) is 19.1 Å². The fourth-order valence-corrected chi connectivity index (χ4v) is 0.721. The largest absolute Gasteiger partial charge is 0.355 e. The Morgan fingerprint density at radius 3 is 2.46 bits per heavy atom. The number of carbonyl (C=O) groups is 1. The lowest BCUT2D eigenvalue weighted by Crippen LogP contribution is -2.42. The second-order valence-corrected chi connectivity index (χ2v) is 3.44. The Labute approximate surface area is 80.0 Å². The highest BCUT2D eigenvalue weighted by Crippen LogP contribution is 1.91. The van der Waals surface area contributed by atoms with Crippen molar-refractivity contribution in [2.75, 3.05) is 13.2 Å². The number of carbonyl (C=O) groups excluding carboxylic acids is 1. The van der Waals surface area contributed by atoms with Crippen LogP contribution < -0.4 is 10.8 Å². The van der Waals surface area contributed by atoms with Gasteiger partial charge in [0, 0.05) is 6.54 Å². The quantitative estimate of drug-likeness (QED) is 0.603. The zero-order chi connectivity index (χ0) is 10.3. The molecule has 0 aromatic heterocycles. The highest BCUT2D eigenvalue weighted by Gasteiger charge is 2.10. The van der Waals surface area contributed by atoms with Crippen LogP contribution in [-0.4, -0.2) is 25.1 Å². The lowest BCUT2D eigenvalue weighted by Gasteiger charge is -2.13. The van der Waals surface area contributed by atoms with E-state index in [2.05, 4.69) is 24.6 Å². The van der Waals surface area contributed by atoms with Crippen molar-refractivity contribution in [3.8, 4) is 0 Å². The van der Waals surface area contributed by atoms with Crippen LogP contribution in [0, 0.1) is 5.92 Å². The molecule has 0 aromatic rings. The number of amides is 1. The second-order valence-electron chi connectivity index (χ2n) is 3.44. The average Bonchev–Trinajstić information content (AvgIpc) is 2.04. The van der Waals surface area contributed by atoms with E-state index in [0.717, 1.165) is 0 Å². The first-order valence-corrected chi connectivity index (χ1v) is 4.73. The van der Waals surface area contributed by atoms with E-state index in [-0.39, 0.29) is 11.9 Å². The number of hydroxylamine groups is 1. The number of nitrogens with one attached hydrogen (secondary N) is 2. The third kappa shape index (κ3) is 6.54. The van der Waals surface area contributed by atoms with Gasteiger partial charge >= 0.3 is 0 Å². The minimum absolute atomic E-state index is 0.0359. The first kappa shape index (κ1) is 12.4. The summed E-state index contributed by atoms with van der Waals surface area (Å²) in [5.41, 5.74) is 2.69. The first-order chi connectivity index (χ1) is 6.07. The van der Waals surface area contributed by atoms with Gasteiger partial charge in [0.1, 0.15) is 6.04 Å². The topological polar surface area (TPSA) is 50.4 Å². The zero-order valence-corrected chi connectivity index (χ0v) is 8.89. The molecule has 0 rings (SSSR count). The fraction of sp³-hybridized carbons (Fsp3) is 0.889. The van der Waals surface area contributed by atoms with Gasteiger partial charge in [0.05, 0.1) is 6.61 Å². The lowest BCUT2D eigenvalue weighted by atomic mass is 10.2. The van der Waals surface area contributed by atoms with Gasteiger partial charge in [-0.3, -0.25) is 4.79 Å². The maximum Gasteiger partial charge on any atom is 0.239 e. The maximum absolute atomic E-state index is 11.2. The Bertz CT molecular complexity index is 149. The van der Waals surface area contributed by atoms with E-state index in [9.17, 15) is 4.79 Å². The third-order valence-electron chi connectivity index (χ3n) is 1.42. The zero-order valence-electron chi connectivity index (χ0n) is 8.89. The number of hydrogen-bond donors (Lipinski definition) is 2. The van der Waals surface area contributed by atoms with Crippen molar-refractivity contribution in [2.45, 2.75) is 33.7 Å². The molecule has 0 aromatic carbocycles. The van der Waals surface area contributed by atoms with Gasteiger partial charge in [0.15, 0.2) is 0 Å². The van der Waals surface area contributed by atoms with Crippen molar-refractivity contribution in [3.05, 3.63) is 0 Å². The fourth-order valence-electron chi connectivity index (χ4n) is 0.721. The number of hydrogen-bond acceptors (Lipinski definition) is 3. The molecule has 0 saturated carbocycles. The minimum atomic E-state index is -0.293. The average molecular weight is 188 g/mol. The molecule has 1 amide bonds.